The van der Waals surface area contributed by atoms with Crippen molar-refractivity contribution >= 4 is 0 Å². The molecule has 0 amide bonds. The summed E-state index contributed by atoms with van der Waals surface area (Å²) in [5.41, 5.74) is 0.113. The van der Waals surface area contributed by atoms with Crippen molar-refractivity contribution in [3.05, 3.63) is 35.6 Å². The van der Waals surface area contributed by atoms with Crippen molar-refractivity contribution in [2.45, 2.75) is 50.5 Å². The Morgan fingerprint density at radius 3 is 2.48 bits per heavy atom. The van der Waals surface area contributed by atoms with Gasteiger partial charge in [0.15, 0.2) is 0 Å². The molecule has 1 aromatic carbocycles. The van der Waals surface area contributed by atoms with Crippen molar-refractivity contribution in [3.8, 4) is 0 Å². The Morgan fingerprint density at radius 1 is 1.05 bits per heavy atom. The van der Waals surface area contributed by atoms with Gasteiger partial charge in [0, 0.05) is 12.5 Å². The summed E-state index contributed by atoms with van der Waals surface area (Å²) in [6.07, 6.45) is 7.89. The molecular formula is C18H26FNO. The number of nitrogens with zero attached hydrogens (tertiary/aromatic N) is 1. The van der Waals surface area contributed by atoms with Crippen LogP contribution in [0.4, 0.5) is 4.39 Å². The number of likely N-dealkylation sites (tertiary alicyclic amines) is 1. The van der Waals surface area contributed by atoms with Gasteiger partial charge in [-0.3, -0.25) is 0 Å². The zero-order valence-electron chi connectivity index (χ0n) is 12.7. The Morgan fingerprint density at radius 2 is 1.76 bits per heavy atom. The summed E-state index contributed by atoms with van der Waals surface area (Å²) in [5, 5.41) is 11.4. The lowest BCUT2D eigenvalue weighted by Gasteiger charge is -2.37. The van der Waals surface area contributed by atoms with E-state index in [-0.39, 0.29) is 11.7 Å². The van der Waals surface area contributed by atoms with Crippen molar-refractivity contribution in [1.82, 2.24) is 4.90 Å². The molecular weight excluding hydrogens is 265 g/mol. The number of halogens is 1. The van der Waals surface area contributed by atoms with Crippen LogP contribution in [0.3, 0.4) is 0 Å². The summed E-state index contributed by atoms with van der Waals surface area (Å²) in [4.78, 5) is 2.49. The van der Waals surface area contributed by atoms with Crippen molar-refractivity contribution in [2.24, 2.45) is 5.92 Å². The number of hydrogen-bond acceptors (Lipinski definition) is 2. The number of aliphatic hydroxyl groups is 1. The van der Waals surface area contributed by atoms with Crippen LogP contribution in [0.15, 0.2) is 24.3 Å². The van der Waals surface area contributed by atoms with E-state index in [4.69, 9.17) is 0 Å². The van der Waals surface area contributed by atoms with Crippen molar-refractivity contribution < 1.29 is 9.50 Å². The topological polar surface area (TPSA) is 23.5 Å². The third-order valence-electron chi connectivity index (χ3n) is 5.31. The molecule has 1 aliphatic heterocycles. The fourth-order valence-electron chi connectivity index (χ4n) is 4.04. The average molecular weight is 291 g/mol. The van der Waals surface area contributed by atoms with Crippen LogP contribution in [-0.4, -0.2) is 29.6 Å². The average Bonchev–Trinajstić information content (AvgIpc) is 2.92. The molecule has 2 aliphatic rings. The van der Waals surface area contributed by atoms with E-state index in [1.807, 2.05) is 0 Å². The van der Waals surface area contributed by atoms with Crippen molar-refractivity contribution in [3.63, 3.8) is 0 Å². The second-order valence-electron chi connectivity index (χ2n) is 6.74. The lowest BCUT2D eigenvalue weighted by atomic mass is 9.77. The molecule has 116 valence electrons. The highest BCUT2D eigenvalue weighted by atomic mass is 19.1. The number of hydrogen-bond donors (Lipinski definition) is 1. The molecule has 0 bridgehead atoms. The first-order chi connectivity index (χ1) is 10.2. The van der Waals surface area contributed by atoms with Gasteiger partial charge in [-0.05, 0) is 56.5 Å². The molecule has 3 heteroatoms. The summed E-state index contributed by atoms with van der Waals surface area (Å²) in [6.45, 7) is 3.31. The fourth-order valence-corrected chi connectivity index (χ4v) is 4.04. The Hall–Kier alpha value is -0.930. The smallest absolute Gasteiger partial charge is 0.123 e. The predicted octanol–water partition coefficient (Wildman–Crippen LogP) is 3.69. The van der Waals surface area contributed by atoms with Gasteiger partial charge in [-0.1, -0.05) is 31.4 Å². The van der Waals surface area contributed by atoms with Gasteiger partial charge >= 0.3 is 0 Å². The van der Waals surface area contributed by atoms with Crippen molar-refractivity contribution in [1.29, 1.82) is 0 Å². The van der Waals surface area contributed by atoms with Gasteiger partial charge in [0.25, 0.3) is 0 Å². The van der Waals surface area contributed by atoms with Gasteiger partial charge in [-0.25, -0.2) is 4.39 Å². The number of benzene rings is 1. The second-order valence-corrected chi connectivity index (χ2v) is 6.74. The normalized spacial score (nSPS) is 31.2. The minimum atomic E-state index is -0.785. The first-order valence-corrected chi connectivity index (χ1v) is 8.39. The maximum Gasteiger partial charge on any atom is 0.123 e. The highest BCUT2D eigenvalue weighted by Crippen LogP contribution is 2.41. The molecule has 1 heterocycles. The molecule has 2 nitrogen and oxygen atoms in total. The zero-order valence-corrected chi connectivity index (χ0v) is 12.7. The van der Waals surface area contributed by atoms with Gasteiger partial charge in [-0.15, -0.1) is 0 Å². The molecule has 2 atom stereocenters. The summed E-state index contributed by atoms with van der Waals surface area (Å²) < 4.78 is 13.2. The van der Waals surface area contributed by atoms with E-state index in [0.29, 0.717) is 0 Å². The Bertz CT molecular complexity index is 455. The monoisotopic (exact) mass is 291 g/mol. The van der Waals surface area contributed by atoms with E-state index >= 15 is 0 Å². The van der Waals surface area contributed by atoms with Crippen LogP contribution < -0.4 is 0 Å². The van der Waals surface area contributed by atoms with E-state index in [0.717, 1.165) is 44.5 Å². The van der Waals surface area contributed by atoms with Gasteiger partial charge in [0.05, 0.1) is 5.60 Å². The minimum Gasteiger partial charge on any atom is -0.385 e. The van der Waals surface area contributed by atoms with Gasteiger partial charge in [0.2, 0.25) is 0 Å². The van der Waals surface area contributed by atoms with Crippen LogP contribution in [-0.2, 0) is 5.60 Å². The van der Waals surface area contributed by atoms with E-state index < -0.39 is 5.60 Å². The van der Waals surface area contributed by atoms with Gasteiger partial charge < -0.3 is 10.0 Å². The molecule has 21 heavy (non-hydrogen) atoms. The largest absolute Gasteiger partial charge is 0.385 e. The van der Waals surface area contributed by atoms with E-state index in [1.165, 1.54) is 37.8 Å². The standard InChI is InChI=1S/C18H26FNO/c19-17-9-7-15(8-10-17)18(21)11-3-1-2-6-16(18)14-20-12-4-5-13-20/h7-10,16,21H,1-6,11-14H2. The Labute approximate surface area is 127 Å². The van der Waals surface area contributed by atoms with E-state index in [1.54, 1.807) is 12.1 Å². The Balaban J connectivity index is 1.83. The zero-order chi connectivity index (χ0) is 14.7. The number of rotatable bonds is 3. The molecule has 1 aliphatic carbocycles. The first kappa shape index (κ1) is 15.0. The SMILES string of the molecule is OC1(c2ccc(F)cc2)CCCCCC1CN1CCCC1. The van der Waals surface area contributed by atoms with Crippen LogP contribution in [0, 0.1) is 11.7 Å². The first-order valence-electron chi connectivity index (χ1n) is 8.39. The molecule has 3 rings (SSSR count). The van der Waals surface area contributed by atoms with Crippen molar-refractivity contribution in [2.75, 3.05) is 19.6 Å². The lowest BCUT2D eigenvalue weighted by molar-refractivity contribution is -0.0410. The van der Waals surface area contributed by atoms with Crippen LogP contribution in [0.2, 0.25) is 0 Å². The molecule has 2 fully saturated rings. The maximum atomic E-state index is 13.2. The molecule has 1 N–H and O–H groups in total. The summed E-state index contributed by atoms with van der Waals surface area (Å²) in [7, 11) is 0. The predicted molar refractivity (Wildman–Crippen MR) is 82.5 cm³/mol. The lowest BCUT2D eigenvalue weighted by Crippen LogP contribution is -2.41. The molecule has 1 saturated carbocycles. The van der Waals surface area contributed by atoms with Gasteiger partial charge in [-0.2, -0.15) is 0 Å². The molecule has 0 radical (unpaired) electrons. The van der Waals surface area contributed by atoms with Crippen LogP contribution in [0.25, 0.3) is 0 Å². The highest BCUT2D eigenvalue weighted by Gasteiger charge is 2.40. The second kappa shape index (κ2) is 6.45. The minimum absolute atomic E-state index is 0.230. The third-order valence-corrected chi connectivity index (χ3v) is 5.31. The molecule has 0 aromatic heterocycles. The maximum absolute atomic E-state index is 13.2. The van der Waals surface area contributed by atoms with Crippen LogP contribution in [0.5, 0.6) is 0 Å². The quantitative estimate of drug-likeness (QED) is 0.859. The summed E-state index contributed by atoms with van der Waals surface area (Å²) in [6, 6.07) is 6.51. The summed E-state index contributed by atoms with van der Waals surface area (Å²) >= 11 is 0. The van der Waals surface area contributed by atoms with E-state index in [9.17, 15) is 9.50 Å². The van der Waals surface area contributed by atoms with Crippen LogP contribution >= 0.6 is 0 Å². The molecule has 1 aromatic rings. The molecule has 0 spiro atoms. The fraction of sp³-hybridized carbons (Fsp3) is 0.667. The summed E-state index contributed by atoms with van der Waals surface area (Å²) in [5.74, 6) is 0.0376. The third kappa shape index (κ3) is 3.29. The van der Waals surface area contributed by atoms with E-state index in [2.05, 4.69) is 4.90 Å². The Kier molecular flexibility index (Phi) is 4.60. The molecule has 1 saturated heterocycles. The van der Waals surface area contributed by atoms with Crippen LogP contribution in [0.1, 0.15) is 50.5 Å². The van der Waals surface area contributed by atoms with Gasteiger partial charge in [0.1, 0.15) is 5.82 Å². The highest BCUT2D eigenvalue weighted by molar-refractivity contribution is 5.24. The molecule has 2 unspecified atom stereocenters.